The lowest BCUT2D eigenvalue weighted by Gasteiger charge is -2.37. The monoisotopic (exact) mass is 439 g/mol. The predicted molar refractivity (Wildman–Crippen MR) is 124 cm³/mol. The molecule has 3 heterocycles. The maximum absolute atomic E-state index is 12.3. The topological polar surface area (TPSA) is 63.0 Å². The van der Waals surface area contributed by atoms with Crippen LogP contribution < -0.4 is 4.90 Å². The summed E-state index contributed by atoms with van der Waals surface area (Å²) in [6.07, 6.45) is 3.23. The number of piperazine rings is 1. The van der Waals surface area contributed by atoms with Gasteiger partial charge in [0.1, 0.15) is 5.60 Å². The molecule has 0 aliphatic carbocycles. The maximum atomic E-state index is 12.3. The van der Waals surface area contributed by atoms with Gasteiger partial charge in [0, 0.05) is 31.7 Å². The van der Waals surface area contributed by atoms with Gasteiger partial charge in [0.15, 0.2) is 5.65 Å². The van der Waals surface area contributed by atoms with Crippen LogP contribution >= 0.6 is 11.6 Å². The standard InChI is InChI=1S/C23H26ClN5O2/c1-5-17-7-9-21-25-15-20(29(21)26-17)16-6-8-19(18(24)14-16)27-10-12-28(13-11-27)22(30)31-23(2,3)4/h5-9,14-15H,1,10-13H2,2-4H3. The summed E-state index contributed by atoms with van der Waals surface area (Å²) in [5.41, 5.74) is 3.79. The van der Waals surface area contributed by atoms with Gasteiger partial charge in [-0.05, 0) is 51.1 Å². The highest BCUT2D eigenvalue weighted by molar-refractivity contribution is 6.33. The van der Waals surface area contributed by atoms with Crippen LogP contribution in [0.5, 0.6) is 0 Å². The molecule has 0 spiro atoms. The van der Waals surface area contributed by atoms with Crippen molar-refractivity contribution in [3.8, 4) is 11.3 Å². The second kappa shape index (κ2) is 8.23. The molecule has 0 radical (unpaired) electrons. The highest BCUT2D eigenvalue weighted by Gasteiger charge is 2.26. The number of halogens is 1. The molecule has 4 rings (SSSR count). The van der Waals surface area contributed by atoms with Gasteiger partial charge in [-0.15, -0.1) is 0 Å². The minimum atomic E-state index is -0.494. The van der Waals surface area contributed by atoms with E-state index in [-0.39, 0.29) is 6.09 Å². The summed E-state index contributed by atoms with van der Waals surface area (Å²) in [5.74, 6) is 0. The zero-order valence-electron chi connectivity index (χ0n) is 18.0. The first-order valence-electron chi connectivity index (χ1n) is 10.3. The van der Waals surface area contributed by atoms with Gasteiger partial charge in [-0.3, -0.25) is 0 Å². The van der Waals surface area contributed by atoms with Crippen molar-refractivity contribution in [1.29, 1.82) is 0 Å². The molecule has 31 heavy (non-hydrogen) atoms. The van der Waals surface area contributed by atoms with Gasteiger partial charge >= 0.3 is 6.09 Å². The number of hydrogen-bond acceptors (Lipinski definition) is 5. The molecule has 1 fully saturated rings. The number of carbonyl (C=O) groups is 1. The van der Waals surface area contributed by atoms with Crippen molar-refractivity contribution in [2.45, 2.75) is 26.4 Å². The highest BCUT2D eigenvalue weighted by atomic mass is 35.5. The lowest BCUT2D eigenvalue weighted by Crippen LogP contribution is -2.50. The van der Waals surface area contributed by atoms with Crippen LogP contribution in [0.15, 0.2) is 43.1 Å². The normalized spacial score (nSPS) is 14.7. The van der Waals surface area contributed by atoms with E-state index in [1.165, 1.54) is 0 Å². The van der Waals surface area contributed by atoms with Crippen LogP contribution in [0.4, 0.5) is 10.5 Å². The van der Waals surface area contributed by atoms with E-state index in [0.717, 1.165) is 28.3 Å². The van der Waals surface area contributed by atoms with Crippen molar-refractivity contribution in [3.63, 3.8) is 0 Å². The summed E-state index contributed by atoms with van der Waals surface area (Å²) >= 11 is 6.66. The van der Waals surface area contributed by atoms with E-state index >= 15 is 0 Å². The molecule has 0 unspecified atom stereocenters. The summed E-state index contributed by atoms with van der Waals surface area (Å²) in [7, 11) is 0. The number of carbonyl (C=O) groups excluding carboxylic acids is 1. The number of imidazole rings is 1. The molecular weight excluding hydrogens is 414 g/mol. The van der Waals surface area contributed by atoms with E-state index in [4.69, 9.17) is 16.3 Å². The number of aromatic nitrogens is 3. The lowest BCUT2D eigenvalue weighted by molar-refractivity contribution is 0.0240. The molecule has 8 heteroatoms. The van der Waals surface area contributed by atoms with Gasteiger partial charge in [-0.25, -0.2) is 14.3 Å². The van der Waals surface area contributed by atoms with Gasteiger partial charge < -0.3 is 14.5 Å². The Morgan fingerprint density at radius 3 is 2.55 bits per heavy atom. The molecule has 1 amide bonds. The van der Waals surface area contributed by atoms with E-state index in [9.17, 15) is 4.79 Å². The number of ether oxygens (including phenoxy) is 1. The second-order valence-corrected chi connectivity index (χ2v) is 8.90. The van der Waals surface area contributed by atoms with E-state index in [1.54, 1.807) is 21.7 Å². The Morgan fingerprint density at radius 1 is 1.16 bits per heavy atom. The van der Waals surface area contributed by atoms with Crippen LogP contribution in [0.3, 0.4) is 0 Å². The van der Waals surface area contributed by atoms with Crippen LogP contribution in [-0.2, 0) is 4.74 Å². The van der Waals surface area contributed by atoms with Crippen LogP contribution in [0.1, 0.15) is 26.5 Å². The SMILES string of the molecule is C=Cc1ccc2ncc(-c3ccc(N4CCN(C(=O)OC(C)(C)C)CC4)c(Cl)c3)n2n1. The molecule has 7 nitrogen and oxygen atoms in total. The first-order chi connectivity index (χ1) is 14.7. The highest BCUT2D eigenvalue weighted by Crippen LogP contribution is 2.32. The van der Waals surface area contributed by atoms with Crippen molar-refractivity contribution < 1.29 is 9.53 Å². The van der Waals surface area contributed by atoms with Gasteiger partial charge in [-0.1, -0.05) is 24.2 Å². The summed E-state index contributed by atoms with van der Waals surface area (Å²) in [4.78, 5) is 20.6. The third-order valence-corrected chi connectivity index (χ3v) is 5.41. The van der Waals surface area contributed by atoms with Crippen molar-refractivity contribution in [1.82, 2.24) is 19.5 Å². The third kappa shape index (κ3) is 4.51. The summed E-state index contributed by atoms with van der Waals surface area (Å²) in [5, 5.41) is 5.21. The summed E-state index contributed by atoms with van der Waals surface area (Å²) < 4.78 is 7.27. The molecule has 1 aromatic carbocycles. The first-order valence-corrected chi connectivity index (χ1v) is 10.6. The van der Waals surface area contributed by atoms with Gasteiger partial charge in [0.05, 0.1) is 28.3 Å². The molecule has 0 bridgehead atoms. The Kier molecular flexibility index (Phi) is 5.62. The largest absolute Gasteiger partial charge is 0.444 e. The Balaban J connectivity index is 1.50. The van der Waals surface area contributed by atoms with Crippen molar-refractivity contribution in [2.75, 3.05) is 31.1 Å². The molecule has 0 saturated carbocycles. The Bertz CT molecular complexity index is 1130. The fraction of sp³-hybridized carbons (Fsp3) is 0.348. The fourth-order valence-electron chi connectivity index (χ4n) is 3.57. The quantitative estimate of drug-likeness (QED) is 0.589. The predicted octanol–water partition coefficient (Wildman–Crippen LogP) is 4.75. The zero-order valence-corrected chi connectivity index (χ0v) is 18.8. The summed E-state index contributed by atoms with van der Waals surface area (Å²) in [6.45, 7) is 12.0. The van der Waals surface area contributed by atoms with Crippen molar-refractivity contribution in [2.24, 2.45) is 0 Å². The smallest absolute Gasteiger partial charge is 0.410 e. The second-order valence-electron chi connectivity index (χ2n) is 8.50. The van der Waals surface area contributed by atoms with E-state index < -0.39 is 5.60 Å². The number of benzene rings is 1. The average molecular weight is 440 g/mol. The van der Waals surface area contributed by atoms with Gasteiger partial charge in [-0.2, -0.15) is 5.10 Å². The molecule has 1 aliphatic heterocycles. The number of hydrogen-bond donors (Lipinski definition) is 0. The maximum Gasteiger partial charge on any atom is 0.410 e. The molecule has 1 aliphatic rings. The Morgan fingerprint density at radius 2 is 1.90 bits per heavy atom. The Labute approximate surface area is 186 Å². The van der Waals surface area contributed by atoms with Crippen LogP contribution in [0.2, 0.25) is 5.02 Å². The molecule has 0 atom stereocenters. The Hall–Kier alpha value is -3.06. The first kappa shape index (κ1) is 21.2. The molecular formula is C23H26ClN5O2. The van der Waals surface area contributed by atoms with Crippen LogP contribution in [0, 0.1) is 0 Å². The average Bonchev–Trinajstić information content (AvgIpc) is 3.15. The fourth-order valence-corrected chi connectivity index (χ4v) is 3.87. The number of anilines is 1. The number of amides is 1. The van der Waals surface area contributed by atoms with Crippen LogP contribution in [-0.4, -0.2) is 57.4 Å². The van der Waals surface area contributed by atoms with E-state index in [0.29, 0.717) is 31.2 Å². The number of fused-ring (bicyclic) bond motifs is 1. The summed E-state index contributed by atoms with van der Waals surface area (Å²) in [6, 6.07) is 9.76. The number of rotatable bonds is 3. The minimum Gasteiger partial charge on any atom is -0.444 e. The van der Waals surface area contributed by atoms with E-state index in [1.807, 2.05) is 51.1 Å². The van der Waals surface area contributed by atoms with Gasteiger partial charge in [0.25, 0.3) is 0 Å². The molecule has 2 aromatic heterocycles. The zero-order chi connectivity index (χ0) is 22.2. The van der Waals surface area contributed by atoms with Crippen LogP contribution in [0.25, 0.3) is 23.0 Å². The molecule has 3 aromatic rings. The lowest BCUT2D eigenvalue weighted by atomic mass is 10.1. The third-order valence-electron chi connectivity index (χ3n) is 5.11. The van der Waals surface area contributed by atoms with Gasteiger partial charge in [0.2, 0.25) is 0 Å². The molecule has 162 valence electrons. The number of nitrogens with zero attached hydrogens (tertiary/aromatic N) is 5. The minimum absolute atomic E-state index is 0.271. The van der Waals surface area contributed by atoms with Crippen molar-refractivity contribution in [3.05, 3.63) is 53.8 Å². The van der Waals surface area contributed by atoms with Crippen molar-refractivity contribution >= 4 is 35.1 Å². The van der Waals surface area contributed by atoms with E-state index in [2.05, 4.69) is 21.6 Å². The molecule has 1 saturated heterocycles. The molecule has 0 N–H and O–H groups in total.